The third-order valence-corrected chi connectivity index (χ3v) is 4.39. The molecule has 8 nitrogen and oxygen atoms in total. The van der Waals surface area contributed by atoms with Crippen LogP contribution in [0.3, 0.4) is 0 Å². The van der Waals surface area contributed by atoms with Gasteiger partial charge in [0.25, 0.3) is 11.8 Å². The Balaban J connectivity index is 1.92. The quantitative estimate of drug-likeness (QED) is 0.674. The normalized spacial score (nSPS) is 10.8. The minimum Gasteiger partial charge on any atom is -0.484 e. The number of anilines is 1. The van der Waals surface area contributed by atoms with Gasteiger partial charge in [-0.15, -0.1) is 0 Å². The number of nitrogens with zero attached hydrogens (tertiary/aromatic N) is 4. The Morgan fingerprint density at radius 2 is 1.96 bits per heavy atom. The number of rotatable bonds is 10. The summed E-state index contributed by atoms with van der Waals surface area (Å²) >= 11 is 0. The van der Waals surface area contributed by atoms with Gasteiger partial charge in [-0.3, -0.25) is 14.3 Å². The number of hydrogen-bond donors (Lipinski definition) is 1. The highest BCUT2D eigenvalue weighted by Gasteiger charge is 2.10. The lowest BCUT2D eigenvalue weighted by atomic mass is 10.2. The molecule has 28 heavy (non-hydrogen) atoms. The van der Waals surface area contributed by atoms with Gasteiger partial charge in [-0.1, -0.05) is 19.9 Å². The van der Waals surface area contributed by atoms with Crippen LogP contribution in [0.1, 0.15) is 24.2 Å². The molecule has 0 radical (unpaired) electrons. The van der Waals surface area contributed by atoms with E-state index in [1.54, 1.807) is 44.6 Å². The summed E-state index contributed by atoms with van der Waals surface area (Å²) in [6.45, 7) is 7.87. The zero-order valence-electron chi connectivity index (χ0n) is 17.0. The zero-order valence-corrected chi connectivity index (χ0v) is 17.0. The lowest BCUT2D eigenvalue weighted by Crippen LogP contribution is -2.27. The maximum atomic E-state index is 12.5. The number of benzene rings is 1. The predicted octanol–water partition coefficient (Wildman–Crippen LogP) is 1.94. The smallest absolute Gasteiger partial charge is 0.259 e. The molecule has 2 amide bonds. The summed E-state index contributed by atoms with van der Waals surface area (Å²) in [6, 6.07) is 6.74. The summed E-state index contributed by atoms with van der Waals surface area (Å²) in [6.07, 6.45) is 3.45. The van der Waals surface area contributed by atoms with E-state index in [0.717, 1.165) is 26.2 Å². The van der Waals surface area contributed by atoms with Crippen molar-refractivity contribution in [3.63, 3.8) is 0 Å². The van der Waals surface area contributed by atoms with Crippen molar-refractivity contribution in [1.29, 1.82) is 0 Å². The van der Waals surface area contributed by atoms with Crippen LogP contribution in [0.2, 0.25) is 0 Å². The first kappa shape index (κ1) is 21.4. The molecule has 152 valence electrons. The molecule has 1 N–H and O–H groups in total. The number of amides is 2. The van der Waals surface area contributed by atoms with E-state index in [1.807, 2.05) is 10.9 Å². The highest BCUT2D eigenvalue weighted by atomic mass is 16.5. The largest absolute Gasteiger partial charge is 0.484 e. The van der Waals surface area contributed by atoms with E-state index in [-0.39, 0.29) is 18.4 Å². The van der Waals surface area contributed by atoms with Gasteiger partial charge in [-0.2, -0.15) is 5.10 Å². The topological polar surface area (TPSA) is 79.7 Å². The van der Waals surface area contributed by atoms with Crippen molar-refractivity contribution in [1.82, 2.24) is 19.6 Å². The molecule has 1 heterocycles. The van der Waals surface area contributed by atoms with Crippen LogP contribution < -0.4 is 10.1 Å². The monoisotopic (exact) mass is 387 g/mol. The van der Waals surface area contributed by atoms with E-state index in [2.05, 4.69) is 29.2 Å². The molecule has 0 spiro atoms. The van der Waals surface area contributed by atoms with Crippen molar-refractivity contribution in [3.8, 4) is 5.75 Å². The van der Waals surface area contributed by atoms with Gasteiger partial charge in [-0.25, -0.2) is 0 Å². The lowest BCUT2D eigenvalue weighted by molar-refractivity contribution is -0.130. The fourth-order valence-corrected chi connectivity index (χ4v) is 2.54. The summed E-state index contributed by atoms with van der Waals surface area (Å²) in [5.74, 6) is 0.0671. The highest BCUT2D eigenvalue weighted by molar-refractivity contribution is 6.04. The van der Waals surface area contributed by atoms with Crippen molar-refractivity contribution in [2.75, 3.05) is 45.7 Å². The molecule has 0 atom stereocenters. The Morgan fingerprint density at radius 1 is 1.21 bits per heavy atom. The van der Waals surface area contributed by atoms with Crippen LogP contribution in [0.5, 0.6) is 5.75 Å². The average Bonchev–Trinajstić information content (AvgIpc) is 3.14. The fraction of sp³-hybridized carbons (Fsp3) is 0.450. The molecule has 0 aliphatic heterocycles. The first-order chi connectivity index (χ1) is 13.4. The predicted molar refractivity (Wildman–Crippen MR) is 109 cm³/mol. The third-order valence-electron chi connectivity index (χ3n) is 4.39. The molecular formula is C20H29N5O3. The summed E-state index contributed by atoms with van der Waals surface area (Å²) in [5.41, 5.74) is 1.09. The van der Waals surface area contributed by atoms with E-state index in [4.69, 9.17) is 4.74 Å². The minimum atomic E-state index is -0.257. The number of nitrogens with one attached hydrogen (secondary N) is 1. The van der Waals surface area contributed by atoms with Crippen molar-refractivity contribution >= 4 is 17.5 Å². The van der Waals surface area contributed by atoms with Crippen LogP contribution in [0.4, 0.5) is 5.69 Å². The summed E-state index contributed by atoms with van der Waals surface area (Å²) in [7, 11) is 3.33. The van der Waals surface area contributed by atoms with E-state index in [1.165, 1.54) is 4.90 Å². The molecule has 0 saturated heterocycles. The average molecular weight is 387 g/mol. The van der Waals surface area contributed by atoms with E-state index in [0.29, 0.717) is 17.0 Å². The van der Waals surface area contributed by atoms with Gasteiger partial charge in [0.15, 0.2) is 6.61 Å². The van der Waals surface area contributed by atoms with E-state index < -0.39 is 0 Å². The van der Waals surface area contributed by atoms with Crippen LogP contribution in [0, 0.1) is 0 Å². The van der Waals surface area contributed by atoms with Gasteiger partial charge < -0.3 is 19.9 Å². The van der Waals surface area contributed by atoms with Crippen LogP contribution >= 0.6 is 0 Å². The van der Waals surface area contributed by atoms with Crippen molar-refractivity contribution in [3.05, 3.63) is 42.2 Å². The second-order valence-electron chi connectivity index (χ2n) is 6.58. The van der Waals surface area contributed by atoms with Crippen molar-refractivity contribution in [2.24, 2.45) is 0 Å². The molecule has 2 aromatic rings. The summed E-state index contributed by atoms with van der Waals surface area (Å²) < 4.78 is 7.28. The maximum absolute atomic E-state index is 12.5. The Morgan fingerprint density at radius 3 is 2.64 bits per heavy atom. The minimum absolute atomic E-state index is 0.0720. The molecule has 1 aromatic carbocycles. The second kappa shape index (κ2) is 10.5. The standard InChI is InChI=1S/C20H29N5O3/c1-5-24(6-2)10-11-25-14-17(13-21-25)22-20(27)16-8-7-9-18(12-16)28-15-19(26)23(3)4/h7-9,12-14H,5-6,10-11,15H2,1-4H3,(H,22,27). The van der Waals surface area contributed by atoms with Gasteiger partial charge in [0.2, 0.25) is 0 Å². The second-order valence-corrected chi connectivity index (χ2v) is 6.58. The number of aromatic nitrogens is 2. The summed E-state index contributed by atoms with van der Waals surface area (Å²) in [5, 5.41) is 7.13. The van der Waals surface area contributed by atoms with Crippen molar-refractivity contribution < 1.29 is 14.3 Å². The Hall–Kier alpha value is -2.87. The highest BCUT2D eigenvalue weighted by Crippen LogP contribution is 2.15. The molecule has 1 aromatic heterocycles. The van der Waals surface area contributed by atoms with Crippen LogP contribution in [0.25, 0.3) is 0 Å². The lowest BCUT2D eigenvalue weighted by Gasteiger charge is -2.17. The Bertz CT molecular complexity index is 784. The fourth-order valence-electron chi connectivity index (χ4n) is 2.54. The van der Waals surface area contributed by atoms with Gasteiger partial charge in [0, 0.05) is 32.4 Å². The summed E-state index contributed by atoms with van der Waals surface area (Å²) in [4.78, 5) is 27.9. The van der Waals surface area contributed by atoms with Crippen LogP contribution in [-0.4, -0.2) is 71.7 Å². The molecule has 0 saturated carbocycles. The number of carbonyl (C=O) groups is 2. The molecular weight excluding hydrogens is 358 g/mol. The first-order valence-electron chi connectivity index (χ1n) is 9.42. The van der Waals surface area contributed by atoms with E-state index >= 15 is 0 Å². The Labute approximate surface area is 166 Å². The van der Waals surface area contributed by atoms with Gasteiger partial charge >= 0.3 is 0 Å². The van der Waals surface area contributed by atoms with Gasteiger partial charge in [-0.05, 0) is 31.3 Å². The number of likely N-dealkylation sites (N-methyl/N-ethyl adjacent to an activating group) is 2. The Kier molecular flexibility index (Phi) is 8.01. The molecule has 2 rings (SSSR count). The first-order valence-corrected chi connectivity index (χ1v) is 9.42. The number of hydrogen-bond acceptors (Lipinski definition) is 5. The van der Waals surface area contributed by atoms with Gasteiger partial charge in [0.1, 0.15) is 5.75 Å². The van der Waals surface area contributed by atoms with E-state index in [9.17, 15) is 9.59 Å². The molecule has 0 bridgehead atoms. The molecule has 8 heteroatoms. The van der Waals surface area contributed by atoms with Gasteiger partial charge in [0.05, 0.1) is 18.4 Å². The van der Waals surface area contributed by atoms with Crippen LogP contribution in [-0.2, 0) is 11.3 Å². The molecule has 0 fully saturated rings. The molecule has 0 aliphatic rings. The van der Waals surface area contributed by atoms with Crippen LogP contribution in [0.15, 0.2) is 36.7 Å². The number of carbonyl (C=O) groups excluding carboxylic acids is 2. The number of ether oxygens (including phenoxy) is 1. The molecule has 0 aliphatic carbocycles. The van der Waals surface area contributed by atoms with Crippen molar-refractivity contribution in [2.45, 2.75) is 20.4 Å². The molecule has 0 unspecified atom stereocenters. The SMILES string of the molecule is CCN(CC)CCn1cc(NC(=O)c2cccc(OCC(=O)N(C)C)c2)cn1. The zero-order chi connectivity index (χ0) is 20.5. The third kappa shape index (κ3) is 6.38. The maximum Gasteiger partial charge on any atom is 0.259 e.